The van der Waals surface area contributed by atoms with Crippen molar-refractivity contribution in [3.8, 4) is 0 Å². The molecule has 0 fully saturated rings. The molecular weight excluding hydrogens is 240 g/mol. The first-order chi connectivity index (χ1) is 8.17. The van der Waals surface area contributed by atoms with E-state index in [-0.39, 0.29) is 6.61 Å². The van der Waals surface area contributed by atoms with Crippen molar-refractivity contribution in [2.24, 2.45) is 0 Å². The highest BCUT2D eigenvalue weighted by Gasteiger charge is 2.08. The Morgan fingerprint density at radius 3 is 2.82 bits per heavy atom. The van der Waals surface area contributed by atoms with Crippen molar-refractivity contribution < 1.29 is 9.84 Å². The van der Waals surface area contributed by atoms with Crippen molar-refractivity contribution in [3.05, 3.63) is 28.8 Å². The second-order valence-corrected chi connectivity index (χ2v) is 4.27. The van der Waals surface area contributed by atoms with Gasteiger partial charge in [-0.2, -0.15) is 0 Å². The number of nitrogens with two attached hydrogens (primary N) is 1. The van der Waals surface area contributed by atoms with Crippen LogP contribution in [-0.4, -0.2) is 43.4 Å². The Bertz CT molecular complexity index is 347. The van der Waals surface area contributed by atoms with Gasteiger partial charge in [-0.1, -0.05) is 11.6 Å². The van der Waals surface area contributed by atoms with Gasteiger partial charge in [-0.15, -0.1) is 0 Å². The fourth-order valence-electron chi connectivity index (χ4n) is 1.58. The smallest absolute Gasteiger partial charge is 0.0589 e. The van der Waals surface area contributed by atoms with Gasteiger partial charge in [-0.3, -0.25) is 4.90 Å². The Balaban J connectivity index is 2.67. The molecule has 0 saturated heterocycles. The number of anilines is 1. The van der Waals surface area contributed by atoms with E-state index in [1.165, 1.54) is 0 Å². The fraction of sp³-hybridized carbons (Fsp3) is 0.500. The zero-order valence-electron chi connectivity index (χ0n) is 10.0. The molecule has 1 aromatic rings. The van der Waals surface area contributed by atoms with Gasteiger partial charge in [0, 0.05) is 37.5 Å². The van der Waals surface area contributed by atoms with Crippen LogP contribution in [0.2, 0.25) is 5.02 Å². The summed E-state index contributed by atoms with van der Waals surface area (Å²) in [4.78, 5) is 2.07. The van der Waals surface area contributed by atoms with Crippen LogP contribution < -0.4 is 5.73 Å². The van der Waals surface area contributed by atoms with Gasteiger partial charge in [-0.25, -0.2) is 0 Å². The largest absolute Gasteiger partial charge is 0.398 e. The minimum atomic E-state index is 0.115. The lowest BCUT2D eigenvalue weighted by Crippen LogP contribution is -2.30. The first-order valence-electron chi connectivity index (χ1n) is 5.53. The van der Waals surface area contributed by atoms with Crippen molar-refractivity contribution in [2.75, 3.05) is 39.1 Å². The lowest BCUT2D eigenvalue weighted by Gasteiger charge is -2.21. The molecule has 0 atom stereocenters. The second kappa shape index (κ2) is 7.50. The molecule has 1 aromatic carbocycles. The molecule has 0 bridgehead atoms. The normalized spacial score (nSPS) is 11.1. The Hall–Kier alpha value is -0.810. The fourth-order valence-corrected chi connectivity index (χ4v) is 1.78. The molecule has 0 saturated carbocycles. The molecule has 5 heteroatoms. The molecule has 1 rings (SSSR count). The molecule has 3 N–H and O–H groups in total. The molecule has 0 aliphatic rings. The molecule has 0 spiro atoms. The van der Waals surface area contributed by atoms with E-state index in [4.69, 9.17) is 27.2 Å². The van der Waals surface area contributed by atoms with Gasteiger partial charge in [0.2, 0.25) is 0 Å². The maximum absolute atomic E-state index is 9.00. The third kappa shape index (κ3) is 4.91. The highest BCUT2D eigenvalue weighted by atomic mass is 35.5. The Kier molecular flexibility index (Phi) is 6.29. The van der Waals surface area contributed by atoms with Crippen molar-refractivity contribution in [1.82, 2.24) is 4.90 Å². The molecule has 0 heterocycles. The van der Waals surface area contributed by atoms with E-state index in [0.29, 0.717) is 24.7 Å². The summed E-state index contributed by atoms with van der Waals surface area (Å²) in [5.41, 5.74) is 7.57. The Labute approximate surface area is 107 Å². The summed E-state index contributed by atoms with van der Waals surface area (Å²) in [6.45, 7) is 2.75. The number of ether oxygens (including phenoxy) is 1. The number of hydrogen-bond acceptors (Lipinski definition) is 4. The predicted octanol–water partition coefficient (Wildman–Crippen LogP) is 1.36. The maximum atomic E-state index is 9.00. The summed E-state index contributed by atoms with van der Waals surface area (Å²) < 4.78 is 5.03. The lowest BCUT2D eigenvalue weighted by molar-refractivity contribution is 0.127. The van der Waals surface area contributed by atoms with Gasteiger partial charge < -0.3 is 15.6 Å². The van der Waals surface area contributed by atoms with Gasteiger partial charge >= 0.3 is 0 Å². The zero-order valence-corrected chi connectivity index (χ0v) is 10.8. The SMILES string of the molecule is COCCN(CCO)Cc1cc(Cl)ccc1N. The van der Waals surface area contributed by atoms with Crippen LogP contribution in [0.5, 0.6) is 0 Å². The molecule has 0 aromatic heterocycles. The molecule has 0 aliphatic heterocycles. The van der Waals surface area contributed by atoms with E-state index in [0.717, 1.165) is 17.8 Å². The van der Waals surface area contributed by atoms with E-state index < -0.39 is 0 Å². The average molecular weight is 259 g/mol. The quantitative estimate of drug-likeness (QED) is 0.725. The summed E-state index contributed by atoms with van der Waals surface area (Å²) in [6.07, 6.45) is 0. The lowest BCUT2D eigenvalue weighted by atomic mass is 10.1. The van der Waals surface area contributed by atoms with E-state index in [9.17, 15) is 0 Å². The first-order valence-corrected chi connectivity index (χ1v) is 5.91. The van der Waals surface area contributed by atoms with Crippen LogP contribution in [0.3, 0.4) is 0 Å². The third-order valence-electron chi connectivity index (χ3n) is 2.53. The van der Waals surface area contributed by atoms with Gasteiger partial charge in [0.05, 0.1) is 13.2 Å². The topological polar surface area (TPSA) is 58.7 Å². The number of aliphatic hydroxyl groups is 1. The second-order valence-electron chi connectivity index (χ2n) is 3.84. The minimum Gasteiger partial charge on any atom is -0.398 e. The molecule has 0 amide bonds. The Morgan fingerprint density at radius 2 is 2.18 bits per heavy atom. The number of nitrogens with zero attached hydrogens (tertiary/aromatic N) is 1. The molecule has 96 valence electrons. The number of hydrogen-bond donors (Lipinski definition) is 2. The number of benzene rings is 1. The van der Waals surface area contributed by atoms with Gasteiger partial charge in [0.25, 0.3) is 0 Å². The van der Waals surface area contributed by atoms with Crippen LogP contribution in [0.4, 0.5) is 5.69 Å². The van der Waals surface area contributed by atoms with Crippen LogP contribution in [-0.2, 0) is 11.3 Å². The number of nitrogen functional groups attached to an aromatic ring is 1. The van der Waals surface area contributed by atoms with Crippen molar-refractivity contribution in [2.45, 2.75) is 6.54 Å². The summed E-state index contributed by atoms with van der Waals surface area (Å²) in [7, 11) is 1.66. The van der Waals surface area contributed by atoms with Crippen LogP contribution in [0.15, 0.2) is 18.2 Å². The molecular formula is C12H19ClN2O2. The third-order valence-corrected chi connectivity index (χ3v) is 2.76. The van der Waals surface area contributed by atoms with Crippen molar-refractivity contribution >= 4 is 17.3 Å². The van der Waals surface area contributed by atoms with Crippen molar-refractivity contribution in [1.29, 1.82) is 0 Å². The molecule has 0 radical (unpaired) electrons. The molecule has 17 heavy (non-hydrogen) atoms. The minimum absolute atomic E-state index is 0.115. The highest BCUT2D eigenvalue weighted by molar-refractivity contribution is 6.30. The first kappa shape index (κ1) is 14.3. The maximum Gasteiger partial charge on any atom is 0.0589 e. The van der Waals surface area contributed by atoms with E-state index in [2.05, 4.69) is 4.90 Å². The predicted molar refractivity (Wildman–Crippen MR) is 70.1 cm³/mol. The number of halogens is 1. The highest BCUT2D eigenvalue weighted by Crippen LogP contribution is 2.19. The van der Waals surface area contributed by atoms with Gasteiger partial charge in [0.1, 0.15) is 0 Å². The van der Waals surface area contributed by atoms with Crippen LogP contribution >= 0.6 is 11.6 Å². The summed E-state index contributed by atoms with van der Waals surface area (Å²) in [5.74, 6) is 0. The number of methoxy groups -OCH3 is 1. The van der Waals surface area contributed by atoms with E-state index in [1.54, 1.807) is 19.2 Å². The van der Waals surface area contributed by atoms with Gasteiger partial charge in [0.15, 0.2) is 0 Å². The van der Waals surface area contributed by atoms with E-state index in [1.807, 2.05) is 6.07 Å². The standard InChI is InChI=1S/C12H19ClN2O2/c1-17-7-5-15(4-6-16)9-10-8-11(13)2-3-12(10)14/h2-3,8,16H,4-7,9,14H2,1H3. The van der Waals surface area contributed by atoms with Crippen LogP contribution in [0, 0.1) is 0 Å². The molecule has 0 aliphatic carbocycles. The zero-order chi connectivity index (χ0) is 12.7. The molecule has 0 unspecified atom stereocenters. The monoisotopic (exact) mass is 258 g/mol. The summed E-state index contributed by atoms with van der Waals surface area (Å²) in [6, 6.07) is 5.42. The number of rotatable bonds is 7. The summed E-state index contributed by atoms with van der Waals surface area (Å²) >= 11 is 5.93. The van der Waals surface area contributed by atoms with Gasteiger partial charge in [-0.05, 0) is 23.8 Å². The Morgan fingerprint density at radius 1 is 1.41 bits per heavy atom. The van der Waals surface area contributed by atoms with E-state index >= 15 is 0 Å². The molecule has 4 nitrogen and oxygen atoms in total. The number of aliphatic hydroxyl groups excluding tert-OH is 1. The van der Waals surface area contributed by atoms with Crippen molar-refractivity contribution in [3.63, 3.8) is 0 Å². The van der Waals surface area contributed by atoms with Crippen LogP contribution in [0.25, 0.3) is 0 Å². The summed E-state index contributed by atoms with van der Waals surface area (Å²) in [5, 5.41) is 9.67. The average Bonchev–Trinajstić information content (AvgIpc) is 2.31. The van der Waals surface area contributed by atoms with Crippen LogP contribution in [0.1, 0.15) is 5.56 Å².